The van der Waals surface area contributed by atoms with E-state index in [1.54, 1.807) is 0 Å². The lowest BCUT2D eigenvalue weighted by molar-refractivity contribution is -0.0169. The van der Waals surface area contributed by atoms with Crippen LogP contribution in [0.15, 0.2) is 0 Å². The molecule has 0 spiro atoms. The maximum atomic E-state index is 5.22. The van der Waals surface area contributed by atoms with Crippen molar-refractivity contribution >= 4 is 0 Å². The van der Waals surface area contributed by atoms with Crippen molar-refractivity contribution in [1.29, 1.82) is 0 Å². The molecule has 0 amide bonds. The second kappa shape index (κ2) is 7.53. The van der Waals surface area contributed by atoms with E-state index in [0.29, 0.717) is 12.5 Å². The third-order valence-corrected chi connectivity index (χ3v) is 1.27. The molecule has 0 radical (unpaired) electrons. The van der Waals surface area contributed by atoms with Crippen LogP contribution >= 0.6 is 0 Å². The Morgan fingerprint density at radius 2 is 1.83 bits per heavy atom. The van der Waals surface area contributed by atoms with Crippen LogP contribution in [0, 0.1) is 5.92 Å². The van der Waals surface area contributed by atoms with Gasteiger partial charge in [-0.3, -0.25) is 0 Å². The van der Waals surface area contributed by atoms with Crippen LogP contribution in [-0.4, -0.2) is 25.9 Å². The van der Waals surface area contributed by atoms with Crippen LogP contribution in [0.2, 0.25) is 0 Å². The highest BCUT2D eigenvalue weighted by atomic mass is 16.6. The normalized spacial score (nSPS) is 13.8. The first-order valence-electron chi connectivity index (χ1n) is 4.61. The highest BCUT2D eigenvalue weighted by molar-refractivity contribution is 4.51. The minimum atomic E-state index is 0.267. The molecule has 3 heteroatoms. The smallest absolute Gasteiger partial charge is 0.0705 e. The average molecular weight is 175 g/mol. The van der Waals surface area contributed by atoms with Gasteiger partial charge in [0.1, 0.15) is 0 Å². The highest BCUT2D eigenvalue weighted by Gasteiger charge is 2.00. The summed E-state index contributed by atoms with van der Waals surface area (Å²) in [5, 5.41) is 0. The molecule has 0 heterocycles. The Balaban J connectivity index is 3.13. The fourth-order valence-corrected chi connectivity index (χ4v) is 0.686. The first-order valence-corrected chi connectivity index (χ1v) is 4.61. The molecule has 1 atom stereocenters. The van der Waals surface area contributed by atoms with Crippen LogP contribution in [0.3, 0.4) is 0 Å². The van der Waals surface area contributed by atoms with Gasteiger partial charge in [0.2, 0.25) is 0 Å². The summed E-state index contributed by atoms with van der Waals surface area (Å²) < 4.78 is 5.21. The molecule has 0 rings (SSSR count). The zero-order valence-corrected chi connectivity index (χ0v) is 8.59. The maximum absolute atomic E-state index is 5.22. The Hall–Kier alpha value is -0.120. The zero-order valence-electron chi connectivity index (χ0n) is 8.59. The summed E-state index contributed by atoms with van der Waals surface area (Å²) in [7, 11) is 0. The van der Waals surface area contributed by atoms with E-state index in [2.05, 4.69) is 19.3 Å². The van der Waals surface area contributed by atoms with Crippen molar-refractivity contribution in [3.63, 3.8) is 0 Å². The highest BCUT2D eigenvalue weighted by Crippen LogP contribution is 1.91. The third kappa shape index (κ3) is 7.98. The standard InChI is InChI=1S/C9H21NO2/c1-5-11-7-9(4)10-12-6-8(2)3/h8-10H,5-7H2,1-4H3. The number of nitrogens with one attached hydrogen (secondary N) is 1. The molecule has 0 aliphatic carbocycles. The van der Waals surface area contributed by atoms with E-state index in [0.717, 1.165) is 13.2 Å². The van der Waals surface area contributed by atoms with Crippen molar-refractivity contribution < 1.29 is 9.57 Å². The molecule has 0 bridgehead atoms. The Labute approximate surface area is 75.4 Å². The lowest BCUT2D eigenvalue weighted by atomic mass is 10.2. The van der Waals surface area contributed by atoms with Crippen molar-refractivity contribution in [3.05, 3.63) is 0 Å². The Morgan fingerprint density at radius 1 is 1.17 bits per heavy atom. The van der Waals surface area contributed by atoms with Gasteiger partial charge in [-0.1, -0.05) is 13.8 Å². The predicted molar refractivity (Wildman–Crippen MR) is 49.9 cm³/mol. The number of ether oxygens (including phenoxy) is 1. The van der Waals surface area contributed by atoms with Crippen LogP contribution in [0.5, 0.6) is 0 Å². The molecule has 0 aliphatic heterocycles. The van der Waals surface area contributed by atoms with Crippen LogP contribution in [-0.2, 0) is 9.57 Å². The number of hydrogen-bond acceptors (Lipinski definition) is 3. The van der Waals surface area contributed by atoms with Crippen molar-refractivity contribution in [2.24, 2.45) is 5.92 Å². The summed E-state index contributed by atoms with van der Waals surface area (Å²) in [5.74, 6) is 0.566. The summed E-state index contributed by atoms with van der Waals surface area (Å²) in [6.45, 7) is 10.5. The molecule has 1 N–H and O–H groups in total. The molecular formula is C9H21NO2. The second-order valence-corrected chi connectivity index (χ2v) is 3.38. The molecule has 12 heavy (non-hydrogen) atoms. The first-order chi connectivity index (χ1) is 5.66. The average Bonchev–Trinajstić information content (AvgIpc) is 2.00. The van der Waals surface area contributed by atoms with E-state index in [9.17, 15) is 0 Å². The molecule has 74 valence electrons. The summed E-state index contributed by atoms with van der Waals surface area (Å²) in [6.07, 6.45) is 0. The van der Waals surface area contributed by atoms with E-state index in [1.807, 2.05) is 13.8 Å². The first kappa shape index (κ1) is 11.9. The van der Waals surface area contributed by atoms with Crippen LogP contribution in [0.25, 0.3) is 0 Å². The largest absolute Gasteiger partial charge is 0.380 e. The van der Waals surface area contributed by atoms with Gasteiger partial charge in [-0.15, -0.1) is 0 Å². The van der Waals surface area contributed by atoms with E-state index in [-0.39, 0.29) is 6.04 Å². The van der Waals surface area contributed by atoms with Gasteiger partial charge in [-0.05, 0) is 19.8 Å². The Kier molecular flexibility index (Phi) is 7.45. The summed E-state index contributed by atoms with van der Waals surface area (Å²) in [4.78, 5) is 5.22. The van der Waals surface area contributed by atoms with Gasteiger partial charge in [0, 0.05) is 6.61 Å². The lowest BCUT2D eigenvalue weighted by Crippen LogP contribution is -2.31. The van der Waals surface area contributed by atoms with Gasteiger partial charge >= 0.3 is 0 Å². The number of rotatable bonds is 7. The fraction of sp³-hybridized carbons (Fsp3) is 1.00. The Bertz CT molecular complexity index is 96.5. The third-order valence-electron chi connectivity index (χ3n) is 1.27. The monoisotopic (exact) mass is 175 g/mol. The molecule has 1 unspecified atom stereocenters. The van der Waals surface area contributed by atoms with Gasteiger partial charge < -0.3 is 9.57 Å². The number of hydroxylamine groups is 1. The molecule has 0 saturated carbocycles. The lowest BCUT2D eigenvalue weighted by Gasteiger charge is -2.14. The quantitative estimate of drug-likeness (QED) is 0.596. The van der Waals surface area contributed by atoms with Gasteiger partial charge in [0.25, 0.3) is 0 Å². The SMILES string of the molecule is CCOCC(C)NOCC(C)C. The summed E-state index contributed by atoms with van der Waals surface area (Å²) in [5.41, 5.74) is 2.92. The predicted octanol–water partition coefficient (Wildman–Crippen LogP) is 1.59. The van der Waals surface area contributed by atoms with E-state index in [4.69, 9.17) is 9.57 Å². The molecule has 0 aromatic carbocycles. The van der Waals surface area contributed by atoms with E-state index in [1.165, 1.54) is 0 Å². The van der Waals surface area contributed by atoms with Crippen molar-refractivity contribution in [3.8, 4) is 0 Å². The summed E-state index contributed by atoms with van der Waals surface area (Å²) >= 11 is 0. The topological polar surface area (TPSA) is 30.5 Å². The van der Waals surface area contributed by atoms with Gasteiger partial charge in [-0.25, -0.2) is 0 Å². The van der Waals surface area contributed by atoms with Crippen LogP contribution < -0.4 is 5.48 Å². The van der Waals surface area contributed by atoms with Crippen molar-refractivity contribution in [2.45, 2.75) is 33.7 Å². The van der Waals surface area contributed by atoms with Gasteiger partial charge in [-0.2, -0.15) is 5.48 Å². The summed E-state index contributed by atoms with van der Waals surface area (Å²) in [6, 6.07) is 0.267. The number of hydrogen-bond donors (Lipinski definition) is 1. The van der Waals surface area contributed by atoms with Crippen molar-refractivity contribution in [1.82, 2.24) is 5.48 Å². The second-order valence-electron chi connectivity index (χ2n) is 3.38. The minimum absolute atomic E-state index is 0.267. The molecule has 0 aromatic rings. The molecule has 0 saturated heterocycles. The van der Waals surface area contributed by atoms with Crippen LogP contribution in [0.1, 0.15) is 27.7 Å². The molecule has 0 aliphatic rings. The fourth-order valence-electron chi connectivity index (χ4n) is 0.686. The molecular weight excluding hydrogens is 154 g/mol. The van der Waals surface area contributed by atoms with E-state index >= 15 is 0 Å². The maximum Gasteiger partial charge on any atom is 0.0705 e. The van der Waals surface area contributed by atoms with Crippen LogP contribution in [0.4, 0.5) is 0 Å². The Morgan fingerprint density at radius 3 is 2.33 bits per heavy atom. The molecule has 3 nitrogen and oxygen atoms in total. The minimum Gasteiger partial charge on any atom is -0.380 e. The van der Waals surface area contributed by atoms with E-state index < -0.39 is 0 Å². The van der Waals surface area contributed by atoms with Gasteiger partial charge in [0.15, 0.2) is 0 Å². The molecule has 0 aromatic heterocycles. The zero-order chi connectivity index (χ0) is 9.40. The van der Waals surface area contributed by atoms with Crippen molar-refractivity contribution in [2.75, 3.05) is 19.8 Å². The molecule has 0 fully saturated rings. The van der Waals surface area contributed by atoms with Gasteiger partial charge in [0.05, 0.1) is 19.3 Å².